The van der Waals surface area contributed by atoms with E-state index in [1.165, 1.54) is 13.8 Å². The van der Waals surface area contributed by atoms with Gasteiger partial charge in [-0.3, -0.25) is 4.79 Å². The van der Waals surface area contributed by atoms with Gasteiger partial charge in [0.25, 0.3) is 0 Å². The summed E-state index contributed by atoms with van der Waals surface area (Å²) in [5.41, 5.74) is 0. The minimum Gasteiger partial charge on any atom is -0.480 e. The summed E-state index contributed by atoms with van der Waals surface area (Å²) in [6.45, 7) is 6.26. The van der Waals surface area contributed by atoms with Crippen LogP contribution in [-0.4, -0.2) is 52.4 Å². The molecule has 8 nitrogen and oxygen atoms in total. The summed E-state index contributed by atoms with van der Waals surface area (Å²) in [6.07, 6.45) is -1.25. The van der Waals surface area contributed by atoms with Crippen molar-refractivity contribution < 1.29 is 24.6 Å². The van der Waals surface area contributed by atoms with E-state index in [-0.39, 0.29) is 11.9 Å². The number of aliphatic carboxylic acids is 1. The number of aliphatic hydroxyl groups excluding tert-OH is 1. The molecule has 0 rings (SSSR count). The van der Waals surface area contributed by atoms with Crippen molar-refractivity contribution >= 4 is 17.9 Å². The fourth-order valence-corrected chi connectivity index (χ4v) is 1.24. The number of aliphatic hydroxyl groups is 1. The molecule has 8 heteroatoms. The Kier molecular flexibility index (Phi) is 6.84. The molecule has 0 bridgehead atoms. The molecule has 0 saturated carbocycles. The molecule has 0 heterocycles. The molecule has 0 saturated heterocycles. The van der Waals surface area contributed by atoms with Gasteiger partial charge in [-0.05, 0) is 27.7 Å². The molecular weight excluding hydrogens is 254 g/mol. The normalized spacial score (nSPS) is 15.3. The van der Waals surface area contributed by atoms with Crippen LogP contribution < -0.4 is 16.0 Å². The molecule has 5 N–H and O–H groups in total. The fourth-order valence-electron chi connectivity index (χ4n) is 1.24. The largest absolute Gasteiger partial charge is 0.480 e. The fraction of sp³-hybridized carbons (Fsp3) is 0.727. The van der Waals surface area contributed by atoms with E-state index in [9.17, 15) is 19.5 Å². The summed E-state index contributed by atoms with van der Waals surface area (Å²) in [7, 11) is 0. The van der Waals surface area contributed by atoms with E-state index in [2.05, 4.69) is 16.0 Å². The molecule has 0 aromatic heterocycles. The number of carboxylic acids is 1. The van der Waals surface area contributed by atoms with Crippen LogP contribution in [0, 0.1) is 0 Å². The van der Waals surface area contributed by atoms with E-state index >= 15 is 0 Å². The van der Waals surface area contributed by atoms with Gasteiger partial charge in [-0.1, -0.05) is 0 Å². The molecule has 3 unspecified atom stereocenters. The monoisotopic (exact) mass is 275 g/mol. The van der Waals surface area contributed by atoms with Crippen LogP contribution >= 0.6 is 0 Å². The second-order valence-electron chi connectivity index (χ2n) is 4.56. The Morgan fingerprint density at radius 2 is 1.47 bits per heavy atom. The molecule has 3 amide bonds. The third-order valence-corrected chi connectivity index (χ3v) is 2.21. The van der Waals surface area contributed by atoms with Crippen molar-refractivity contribution in [2.24, 2.45) is 0 Å². The Bertz CT molecular complexity index is 343. The number of carboxylic acid groups (broad SMARTS) is 1. The van der Waals surface area contributed by atoms with Gasteiger partial charge in [0.15, 0.2) is 6.04 Å². The van der Waals surface area contributed by atoms with Gasteiger partial charge in [0.05, 0.1) is 6.10 Å². The van der Waals surface area contributed by atoms with E-state index < -0.39 is 30.2 Å². The molecule has 0 fully saturated rings. The first kappa shape index (κ1) is 17.2. The van der Waals surface area contributed by atoms with Crippen molar-refractivity contribution in [2.75, 3.05) is 0 Å². The van der Waals surface area contributed by atoms with Gasteiger partial charge in [-0.15, -0.1) is 0 Å². The minimum absolute atomic E-state index is 0.0657. The van der Waals surface area contributed by atoms with Crippen molar-refractivity contribution in [1.82, 2.24) is 16.0 Å². The van der Waals surface area contributed by atoms with Crippen molar-refractivity contribution in [3.63, 3.8) is 0 Å². The van der Waals surface area contributed by atoms with Crippen molar-refractivity contribution in [3.05, 3.63) is 0 Å². The SMILES string of the molecule is CC(C)NC(=O)C(C)NC(=O)NC(C(=O)O)C(C)O. The van der Waals surface area contributed by atoms with Crippen molar-refractivity contribution in [2.45, 2.75) is 51.9 Å². The quantitative estimate of drug-likeness (QED) is 0.426. The zero-order valence-electron chi connectivity index (χ0n) is 11.4. The number of hydrogen-bond acceptors (Lipinski definition) is 4. The summed E-state index contributed by atoms with van der Waals surface area (Å²) in [6, 6.07) is -3.14. The molecule has 0 aromatic rings. The van der Waals surface area contributed by atoms with Gasteiger partial charge in [-0.25, -0.2) is 9.59 Å². The highest BCUT2D eigenvalue weighted by Crippen LogP contribution is 1.93. The van der Waals surface area contributed by atoms with Gasteiger partial charge in [0.2, 0.25) is 5.91 Å². The van der Waals surface area contributed by atoms with Crippen LogP contribution in [0.3, 0.4) is 0 Å². The van der Waals surface area contributed by atoms with E-state index in [0.717, 1.165) is 0 Å². The highest BCUT2D eigenvalue weighted by Gasteiger charge is 2.26. The van der Waals surface area contributed by atoms with Crippen molar-refractivity contribution in [1.29, 1.82) is 0 Å². The van der Waals surface area contributed by atoms with E-state index in [1.807, 2.05) is 0 Å². The van der Waals surface area contributed by atoms with Crippen LogP contribution in [0.5, 0.6) is 0 Å². The summed E-state index contributed by atoms with van der Waals surface area (Å²) < 4.78 is 0. The lowest BCUT2D eigenvalue weighted by molar-refractivity contribution is -0.141. The van der Waals surface area contributed by atoms with Crippen LogP contribution in [0.1, 0.15) is 27.7 Å². The Labute approximate surface area is 111 Å². The highest BCUT2D eigenvalue weighted by molar-refractivity contribution is 5.88. The predicted molar refractivity (Wildman–Crippen MR) is 67.5 cm³/mol. The lowest BCUT2D eigenvalue weighted by Crippen LogP contribution is -2.55. The van der Waals surface area contributed by atoms with Gasteiger partial charge in [-0.2, -0.15) is 0 Å². The zero-order valence-corrected chi connectivity index (χ0v) is 11.4. The van der Waals surface area contributed by atoms with Gasteiger partial charge >= 0.3 is 12.0 Å². The van der Waals surface area contributed by atoms with Crippen LogP contribution in [0.25, 0.3) is 0 Å². The summed E-state index contributed by atoms with van der Waals surface area (Å²) >= 11 is 0. The number of rotatable bonds is 6. The maximum atomic E-state index is 11.5. The molecule has 0 aliphatic carbocycles. The molecule has 19 heavy (non-hydrogen) atoms. The molecule has 3 atom stereocenters. The minimum atomic E-state index is -1.43. The van der Waals surface area contributed by atoms with E-state index in [4.69, 9.17) is 5.11 Å². The Morgan fingerprint density at radius 3 is 1.84 bits per heavy atom. The molecule has 0 aromatic carbocycles. The summed E-state index contributed by atoms with van der Waals surface area (Å²) in [4.78, 5) is 33.8. The lowest BCUT2D eigenvalue weighted by Gasteiger charge is -2.20. The Morgan fingerprint density at radius 1 is 0.947 bits per heavy atom. The predicted octanol–water partition coefficient (Wildman–Crippen LogP) is -0.967. The Balaban J connectivity index is 4.37. The number of carbonyl (C=O) groups is 3. The number of nitrogens with one attached hydrogen (secondary N) is 3. The first-order valence-corrected chi connectivity index (χ1v) is 5.93. The van der Waals surface area contributed by atoms with E-state index in [1.54, 1.807) is 13.8 Å². The van der Waals surface area contributed by atoms with Gasteiger partial charge in [0, 0.05) is 6.04 Å². The number of urea groups is 1. The molecule has 0 aliphatic heterocycles. The van der Waals surface area contributed by atoms with Gasteiger partial charge in [0.1, 0.15) is 6.04 Å². The average molecular weight is 275 g/mol. The van der Waals surface area contributed by atoms with Crippen LogP contribution in [0.15, 0.2) is 0 Å². The first-order chi connectivity index (χ1) is 8.65. The number of carbonyl (C=O) groups excluding carboxylic acids is 2. The average Bonchev–Trinajstić information content (AvgIpc) is 2.23. The van der Waals surface area contributed by atoms with Crippen LogP contribution in [-0.2, 0) is 9.59 Å². The van der Waals surface area contributed by atoms with Gasteiger partial charge < -0.3 is 26.2 Å². The third kappa shape index (κ3) is 6.61. The summed E-state index contributed by atoms with van der Waals surface area (Å²) in [5, 5.41) is 24.9. The Hall–Kier alpha value is -1.83. The highest BCUT2D eigenvalue weighted by atomic mass is 16.4. The number of amides is 3. The maximum Gasteiger partial charge on any atom is 0.328 e. The summed E-state index contributed by atoms with van der Waals surface area (Å²) in [5.74, 6) is -1.74. The van der Waals surface area contributed by atoms with Crippen molar-refractivity contribution in [3.8, 4) is 0 Å². The molecular formula is C11H21N3O5. The maximum absolute atomic E-state index is 11.5. The molecule has 110 valence electrons. The second kappa shape index (κ2) is 7.57. The smallest absolute Gasteiger partial charge is 0.328 e. The topological polar surface area (TPSA) is 128 Å². The molecule has 0 spiro atoms. The molecule has 0 aliphatic rings. The van der Waals surface area contributed by atoms with Crippen LogP contribution in [0.2, 0.25) is 0 Å². The third-order valence-electron chi connectivity index (χ3n) is 2.21. The lowest BCUT2D eigenvalue weighted by atomic mass is 10.2. The first-order valence-electron chi connectivity index (χ1n) is 5.93. The standard InChI is InChI=1S/C11H21N3O5/c1-5(2)12-9(16)6(3)13-11(19)14-8(7(4)15)10(17)18/h5-8,15H,1-4H3,(H,12,16)(H,17,18)(H2,13,14,19). The van der Waals surface area contributed by atoms with Crippen LogP contribution in [0.4, 0.5) is 4.79 Å². The zero-order chi connectivity index (χ0) is 15.2. The molecule has 0 radical (unpaired) electrons. The number of hydrogen-bond donors (Lipinski definition) is 5. The second-order valence-corrected chi connectivity index (χ2v) is 4.56. The van der Waals surface area contributed by atoms with E-state index in [0.29, 0.717) is 0 Å².